The van der Waals surface area contributed by atoms with Crippen LogP contribution < -0.4 is 0 Å². The Labute approximate surface area is 79.6 Å². The van der Waals surface area contributed by atoms with Crippen molar-refractivity contribution in [3.63, 3.8) is 0 Å². The fraction of sp³-hybridized carbons (Fsp3) is 0.231. The summed E-state index contributed by atoms with van der Waals surface area (Å²) in [7, 11) is 0. The van der Waals surface area contributed by atoms with Crippen LogP contribution in [0, 0.1) is 6.92 Å². The van der Waals surface area contributed by atoms with Gasteiger partial charge in [-0.2, -0.15) is 0 Å². The number of rotatable bonds is 0. The molecule has 1 aliphatic rings. The quantitative estimate of drug-likeness (QED) is 0.559. The van der Waals surface area contributed by atoms with Crippen molar-refractivity contribution >= 4 is 6.08 Å². The zero-order valence-corrected chi connectivity index (χ0v) is 8.17. The third-order valence-corrected chi connectivity index (χ3v) is 2.47. The fourth-order valence-corrected chi connectivity index (χ4v) is 1.62. The largest absolute Gasteiger partial charge is 0.0772 e. The van der Waals surface area contributed by atoms with Crippen molar-refractivity contribution in [3.8, 4) is 0 Å². The normalized spacial score (nSPS) is 14.8. The van der Waals surface area contributed by atoms with Crippen molar-refractivity contribution < 1.29 is 0 Å². The molecule has 0 aliphatic heterocycles. The van der Waals surface area contributed by atoms with Crippen LogP contribution in [-0.4, -0.2) is 0 Å². The Bertz CT molecular complexity index is 381. The summed E-state index contributed by atoms with van der Waals surface area (Å²) in [5.74, 6) is 0. The summed E-state index contributed by atoms with van der Waals surface area (Å²) in [6.07, 6.45) is 7.73. The van der Waals surface area contributed by atoms with Gasteiger partial charge < -0.3 is 0 Å². The Hall–Kier alpha value is -1.30. The van der Waals surface area contributed by atoms with Crippen LogP contribution in [0.15, 0.2) is 35.9 Å². The summed E-state index contributed by atoms with van der Waals surface area (Å²) in [6, 6.07) is 6.66. The third kappa shape index (κ3) is 1.72. The molecule has 13 heavy (non-hydrogen) atoms. The maximum Gasteiger partial charge on any atom is -0.00858 e. The predicted octanol–water partition coefficient (Wildman–Crippen LogP) is 3.51. The van der Waals surface area contributed by atoms with Crippen LogP contribution in [0.4, 0.5) is 0 Å². The van der Waals surface area contributed by atoms with Gasteiger partial charge in [-0.15, -0.1) is 0 Å². The van der Waals surface area contributed by atoms with Crippen LogP contribution in [-0.2, 0) is 6.42 Å². The topological polar surface area (TPSA) is 0 Å². The molecule has 1 aromatic rings. The molecule has 0 N–H and O–H groups in total. The van der Waals surface area contributed by atoms with Gasteiger partial charge >= 0.3 is 0 Å². The maximum absolute atomic E-state index is 2.28. The molecule has 0 aromatic heterocycles. The van der Waals surface area contributed by atoms with E-state index in [2.05, 4.69) is 50.3 Å². The van der Waals surface area contributed by atoms with E-state index in [4.69, 9.17) is 0 Å². The first-order chi connectivity index (χ1) is 6.25. The number of hydrogen-bond acceptors (Lipinski definition) is 0. The number of aryl methyl sites for hydroxylation is 1. The molecule has 0 saturated heterocycles. The van der Waals surface area contributed by atoms with Crippen molar-refractivity contribution in [1.82, 2.24) is 0 Å². The van der Waals surface area contributed by atoms with Crippen molar-refractivity contribution in [2.75, 3.05) is 0 Å². The first kappa shape index (κ1) is 8.31. The summed E-state index contributed by atoms with van der Waals surface area (Å²) < 4.78 is 0. The molecule has 0 heterocycles. The highest BCUT2D eigenvalue weighted by molar-refractivity contribution is 5.59. The van der Waals surface area contributed by atoms with Crippen molar-refractivity contribution in [2.24, 2.45) is 0 Å². The molecule has 0 amide bonds. The summed E-state index contributed by atoms with van der Waals surface area (Å²) in [4.78, 5) is 0. The smallest absolute Gasteiger partial charge is 0.00858 e. The van der Waals surface area contributed by atoms with E-state index in [1.54, 1.807) is 0 Å². The van der Waals surface area contributed by atoms with E-state index < -0.39 is 0 Å². The lowest BCUT2D eigenvalue weighted by atomic mass is 10.0. The second kappa shape index (κ2) is 3.21. The summed E-state index contributed by atoms with van der Waals surface area (Å²) >= 11 is 0. The molecule has 0 heteroatoms. The number of allylic oxidation sites excluding steroid dienone is 3. The average Bonchev–Trinajstić information content (AvgIpc) is 2.29. The van der Waals surface area contributed by atoms with Crippen molar-refractivity contribution in [2.45, 2.75) is 20.3 Å². The molecule has 0 nitrogen and oxygen atoms in total. The average molecular weight is 170 g/mol. The van der Waals surface area contributed by atoms with E-state index in [1.807, 2.05) is 0 Å². The molecule has 2 rings (SSSR count). The Morgan fingerprint density at radius 1 is 1.08 bits per heavy atom. The van der Waals surface area contributed by atoms with Gasteiger partial charge in [0.25, 0.3) is 0 Å². The van der Waals surface area contributed by atoms with Gasteiger partial charge in [0.1, 0.15) is 0 Å². The monoisotopic (exact) mass is 170 g/mol. The minimum absolute atomic E-state index is 1.06. The van der Waals surface area contributed by atoms with Crippen LogP contribution in [0.5, 0.6) is 0 Å². The molecule has 1 aromatic carbocycles. The van der Waals surface area contributed by atoms with E-state index in [0.29, 0.717) is 0 Å². The molecular formula is C13H14. The lowest BCUT2D eigenvalue weighted by molar-refractivity contribution is 1.23. The Morgan fingerprint density at radius 2 is 1.92 bits per heavy atom. The number of hydrogen-bond donors (Lipinski definition) is 0. The molecule has 1 aliphatic carbocycles. The molecule has 0 spiro atoms. The van der Waals surface area contributed by atoms with Gasteiger partial charge in [-0.1, -0.05) is 47.6 Å². The zero-order chi connectivity index (χ0) is 9.26. The minimum Gasteiger partial charge on any atom is -0.0772 e. The standard InChI is InChI=1S/C13H14/c1-10-3-6-12-7-5-11(2)9-13(12)8-4-10/h3-5,7-9H,6H2,1-2H3. The number of fused-ring (bicyclic) bond motifs is 1. The fourth-order valence-electron chi connectivity index (χ4n) is 1.62. The SMILES string of the molecule is CC1=CCc2ccc(C)cc2C=C1. The second-order valence-electron chi connectivity index (χ2n) is 3.69. The Morgan fingerprint density at radius 3 is 2.77 bits per heavy atom. The Balaban J connectivity index is 2.50. The van der Waals surface area contributed by atoms with Crippen molar-refractivity contribution in [1.29, 1.82) is 0 Å². The highest BCUT2D eigenvalue weighted by Gasteiger charge is 2.01. The molecule has 0 saturated carbocycles. The highest BCUT2D eigenvalue weighted by Crippen LogP contribution is 2.19. The van der Waals surface area contributed by atoms with Gasteiger partial charge in [0.2, 0.25) is 0 Å². The van der Waals surface area contributed by atoms with Crippen LogP contribution >= 0.6 is 0 Å². The van der Waals surface area contributed by atoms with Crippen LogP contribution in [0.1, 0.15) is 23.6 Å². The van der Waals surface area contributed by atoms with Crippen LogP contribution in [0.3, 0.4) is 0 Å². The van der Waals surface area contributed by atoms with Gasteiger partial charge in [0, 0.05) is 0 Å². The van der Waals surface area contributed by atoms with Gasteiger partial charge in [0.15, 0.2) is 0 Å². The van der Waals surface area contributed by atoms with Gasteiger partial charge in [-0.25, -0.2) is 0 Å². The summed E-state index contributed by atoms with van der Waals surface area (Å²) in [5, 5.41) is 0. The molecule has 0 atom stereocenters. The minimum atomic E-state index is 1.06. The van der Waals surface area contributed by atoms with Gasteiger partial charge in [-0.3, -0.25) is 0 Å². The molecular weight excluding hydrogens is 156 g/mol. The third-order valence-electron chi connectivity index (χ3n) is 2.47. The molecule has 66 valence electrons. The van der Waals surface area contributed by atoms with Crippen LogP contribution in [0.2, 0.25) is 0 Å². The predicted molar refractivity (Wildman–Crippen MR) is 57.7 cm³/mol. The van der Waals surface area contributed by atoms with Gasteiger partial charge in [-0.05, 0) is 31.4 Å². The first-order valence-electron chi connectivity index (χ1n) is 4.70. The van der Waals surface area contributed by atoms with E-state index >= 15 is 0 Å². The number of benzene rings is 1. The molecule has 0 bridgehead atoms. The lowest BCUT2D eigenvalue weighted by Gasteiger charge is -2.02. The van der Waals surface area contributed by atoms with E-state index in [9.17, 15) is 0 Å². The first-order valence-corrected chi connectivity index (χ1v) is 4.70. The van der Waals surface area contributed by atoms with E-state index in [-0.39, 0.29) is 0 Å². The van der Waals surface area contributed by atoms with Crippen LogP contribution in [0.25, 0.3) is 6.08 Å². The highest BCUT2D eigenvalue weighted by atomic mass is 14.1. The lowest BCUT2D eigenvalue weighted by Crippen LogP contribution is -1.86. The summed E-state index contributed by atoms with van der Waals surface area (Å²) in [5.41, 5.74) is 5.49. The maximum atomic E-state index is 2.28. The second-order valence-corrected chi connectivity index (χ2v) is 3.69. The molecule has 0 unspecified atom stereocenters. The molecule has 0 radical (unpaired) electrons. The van der Waals surface area contributed by atoms with Gasteiger partial charge in [0.05, 0.1) is 0 Å². The van der Waals surface area contributed by atoms with Crippen molar-refractivity contribution in [3.05, 3.63) is 52.6 Å². The molecule has 0 fully saturated rings. The Kier molecular flexibility index (Phi) is 2.05. The summed E-state index contributed by atoms with van der Waals surface area (Å²) in [6.45, 7) is 4.29. The van der Waals surface area contributed by atoms with E-state index in [0.717, 1.165) is 6.42 Å². The zero-order valence-electron chi connectivity index (χ0n) is 8.17. The van der Waals surface area contributed by atoms with E-state index in [1.165, 1.54) is 22.3 Å².